The summed E-state index contributed by atoms with van der Waals surface area (Å²) in [4.78, 5) is 0. The van der Waals surface area contributed by atoms with Crippen LogP contribution in [0.5, 0.6) is 0 Å². The summed E-state index contributed by atoms with van der Waals surface area (Å²) in [7, 11) is 0. The third-order valence-corrected chi connectivity index (χ3v) is 2.68. The van der Waals surface area contributed by atoms with E-state index < -0.39 is 0 Å². The van der Waals surface area contributed by atoms with Gasteiger partial charge in [0.25, 0.3) is 0 Å². The van der Waals surface area contributed by atoms with Crippen molar-refractivity contribution in [2.24, 2.45) is 0 Å². The van der Waals surface area contributed by atoms with E-state index in [1.54, 1.807) is 12.1 Å². The first-order valence-corrected chi connectivity index (χ1v) is 5.74. The fourth-order valence-electron chi connectivity index (χ4n) is 1.12. The molecule has 0 saturated heterocycles. The van der Waals surface area contributed by atoms with Crippen LogP contribution in [-0.4, -0.2) is 5.33 Å². The van der Waals surface area contributed by atoms with Crippen LogP contribution < -0.4 is 0 Å². The smallest absolute Gasteiger partial charge is 0.141 e. The van der Waals surface area contributed by atoms with Gasteiger partial charge in [0.1, 0.15) is 5.82 Å². The van der Waals surface area contributed by atoms with Gasteiger partial charge in [-0.25, -0.2) is 4.39 Å². The van der Waals surface area contributed by atoms with Gasteiger partial charge in [0.2, 0.25) is 0 Å². The summed E-state index contributed by atoms with van der Waals surface area (Å²) in [6.07, 6.45) is 3.20. The molecule has 13 heavy (non-hydrogen) atoms. The van der Waals surface area contributed by atoms with Crippen molar-refractivity contribution in [2.75, 3.05) is 5.33 Å². The van der Waals surface area contributed by atoms with Crippen molar-refractivity contribution in [3.05, 3.63) is 34.6 Å². The number of rotatable bonds is 4. The van der Waals surface area contributed by atoms with Crippen LogP contribution in [0, 0.1) is 5.82 Å². The van der Waals surface area contributed by atoms with Crippen molar-refractivity contribution in [3.8, 4) is 0 Å². The van der Waals surface area contributed by atoms with Crippen molar-refractivity contribution in [3.63, 3.8) is 0 Å². The molecule has 0 aliphatic heterocycles. The van der Waals surface area contributed by atoms with Gasteiger partial charge in [0, 0.05) is 5.33 Å². The Morgan fingerprint density at radius 1 is 1.31 bits per heavy atom. The second kappa shape index (κ2) is 5.61. The minimum Gasteiger partial charge on any atom is -0.205 e. The molecule has 0 nitrogen and oxygen atoms in total. The van der Waals surface area contributed by atoms with E-state index in [0.717, 1.165) is 30.2 Å². The van der Waals surface area contributed by atoms with Gasteiger partial charge in [-0.05, 0) is 37.0 Å². The second-order valence-corrected chi connectivity index (χ2v) is 4.09. The lowest BCUT2D eigenvalue weighted by Crippen LogP contribution is -1.87. The SMILES string of the molecule is Fc1ccc(CCCCBr)cc1Cl. The number of halogens is 3. The molecule has 0 saturated carbocycles. The fourth-order valence-corrected chi connectivity index (χ4v) is 1.72. The molecule has 0 fully saturated rings. The molecule has 0 heterocycles. The summed E-state index contributed by atoms with van der Waals surface area (Å²) >= 11 is 9.01. The highest BCUT2D eigenvalue weighted by molar-refractivity contribution is 9.09. The first kappa shape index (κ1) is 11.0. The summed E-state index contributed by atoms with van der Waals surface area (Å²) in [6.45, 7) is 0. The lowest BCUT2D eigenvalue weighted by molar-refractivity contribution is 0.627. The molecule has 0 aliphatic rings. The van der Waals surface area contributed by atoms with Crippen LogP contribution in [0.2, 0.25) is 5.02 Å². The van der Waals surface area contributed by atoms with E-state index in [0.29, 0.717) is 0 Å². The van der Waals surface area contributed by atoms with E-state index in [4.69, 9.17) is 11.6 Å². The summed E-state index contributed by atoms with van der Waals surface area (Å²) in [5, 5.41) is 1.23. The summed E-state index contributed by atoms with van der Waals surface area (Å²) < 4.78 is 12.7. The predicted octanol–water partition coefficient (Wildman–Crippen LogP) is 4.20. The number of benzene rings is 1. The standard InChI is InChI=1S/C10H11BrClF/c11-6-2-1-3-8-4-5-10(13)9(12)7-8/h4-5,7H,1-3,6H2. The van der Waals surface area contributed by atoms with Gasteiger partial charge in [-0.3, -0.25) is 0 Å². The van der Waals surface area contributed by atoms with Gasteiger partial charge in [0.05, 0.1) is 5.02 Å². The molecule has 1 rings (SSSR count). The minimum atomic E-state index is -0.342. The van der Waals surface area contributed by atoms with E-state index in [9.17, 15) is 4.39 Å². The Kier molecular flexibility index (Phi) is 4.74. The Balaban J connectivity index is 2.53. The quantitative estimate of drug-likeness (QED) is 0.565. The lowest BCUT2D eigenvalue weighted by Gasteiger charge is -2.01. The van der Waals surface area contributed by atoms with Gasteiger partial charge in [-0.1, -0.05) is 33.6 Å². The largest absolute Gasteiger partial charge is 0.205 e. The number of hydrogen-bond acceptors (Lipinski definition) is 0. The van der Waals surface area contributed by atoms with Gasteiger partial charge >= 0.3 is 0 Å². The Bertz CT molecular complexity index is 276. The first-order chi connectivity index (χ1) is 6.24. The predicted molar refractivity (Wildman–Crippen MR) is 58.1 cm³/mol. The third kappa shape index (κ3) is 3.65. The van der Waals surface area contributed by atoms with Crippen molar-refractivity contribution in [1.29, 1.82) is 0 Å². The van der Waals surface area contributed by atoms with Gasteiger partial charge in [0.15, 0.2) is 0 Å². The zero-order valence-electron chi connectivity index (χ0n) is 7.19. The summed E-state index contributed by atoms with van der Waals surface area (Å²) in [6, 6.07) is 4.91. The molecule has 0 amide bonds. The van der Waals surface area contributed by atoms with Gasteiger partial charge < -0.3 is 0 Å². The van der Waals surface area contributed by atoms with Crippen molar-refractivity contribution in [2.45, 2.75) is 19.3 Å². The number of unbranched alkanes of at least 4 members (excludes halogenated alkanes) is 1. The van der Waals surface area contributed by atoms with Crippen LogP contribution in [0.15, 0.2) is 18.2 Å². The number of aryl methyl sites for hydroxylation is 1. The van der Waals surface area contributed by atoms with Crippen molar-refractivity contribution < 1.29 is 4.39 Å². The van der Waals surface area contributed by atoms with Crippen molar-refractivity contribution >= 4 is 27.5 Å². The zero-order valence-corrected chi connectivity index (χ0v) is 9.54. The normalized spacial score (nSPS) is 10.4. The molecule has 0 unspecified atom stereocenters. The molecular weight excluding hydrogens is 254 g/mol. The highest BCUT2D eigenvalue weighted by Gasteiger charge is 2.00. The first-order valence-electron chi connectivity index (χ1n) is 4.24. The number of alkyl halides is 1. The fraction of sp³-hybridized carbons (Fsp3) is 0.400. The van der Waals surface area contributed by atoms with Crippen LogP contribution in [0.4, 0.5) is 4.39 Å². The van der Waals surface area contributed by atoms with Gasteiger partial charge in [-0.2, -0.15) is 0 Å². The Morgan fingerprint density at radius 3 is 2.69 bits per heavy atom. The van der Waals surface area contributed by atoms with Crippen molar-refractivity contribution in [1.82, 2.24) is 0 Å². The van der Waals surface area contributed by atoms with Crippen LogP contribution in [-0.2, 0) is 6.42 Å². The maximum absolute atomic E-state index is 12.7. The maximum Gasteiger partial charge on any atom is 0.141 e. The van der Waals surface area contributed by atoms with Gasteiger partial charge in [-0.15, -0.1) is 0 Å². The molecule has 0 bridgehead atoms. The third-order valence-electron chi connectivity index (χ3n) is 1.83. The Hall–Kier alpha value is -0.0800. The van der Waals surface area contributed by atoms with Crippen LogP contribution in [0.25, 0.3) is 0 Å². The van der Waals surface area contributed by atoms with E-state index in [1.165, 1.54) is 6.07 Å². The average Bonchev–Trinajstić information content (AvgIpc) is 2.12. The highest BCUT2D eigenvalue weighted by atomic mass is 79.9. The molecule has 0 aromatic heterocycles. The zero-order chi connectivity index (χ0) is 9.68. The average molecular weight is 266 g/mol. The van der Waals surface area contributed by atoms with E-state index in [1.807, 2.05) is 0 Å². The monoisotopic (exact) mass is 264 g/mol. The molecule has 1 aromatic carbocycles. The maximum atomic E-state index is 12.7. The van der Waals surface area contributed by atoms with E-state index >= 15 is 0 Å². The molecule has 0 N–H and O–H groups in total. The molecule has 0 spiro atoms. The summed E-state index contributed by atoms with van der Waals surface area (Å²) in [5.74, 6) is -0.342. The molecular formula is C10H11BrClF. The van der Waals surface area contributed by atoms with Crippen LogP contribution in [0.1, 0.15) is 18.4 Å². The van der Waals surface area contributed by atoms with Crippen LogP contribution >= 0.6 is 27.5 Å². The van der Waals surface area contributed by atoms with E-state index in [-0.39, 0.29) is 10.8 Å². The topological polar surface area (TPSA) is 0 Å². The highest BCUT2D eigenvalue weighted by Crippen LogP contribution is 2.17. The Labute approximate surface area is 91.2 Å². The molecule has 0 atom stereocenters. The molecule has 3 heteroatoms. The Morgan fingerprint density at radius 2 is 2.08 bits per heavy atom. The second-order valence-electron chi connectivity index (χ2n) is 2.89. The number of hydrogen-bond donors (Lipinski definition) is 0. The molecule has 0 radical (unpaired) electrons. The lowest BCUT2D eigenvalue weighted by atomic mass is 10.1. The van der Waals surface area contributed by atoms with E-state index in [2.05, 4.69) is 15.9 Å². The summed E-state index contributed by atoms with van der Waals surface area (Å²) in [5.41, 5.74) is 1.10. The minimum absolute atomic E-state index is 0.219. The molecule has 0 aliphatic carbocycles. The molecule has 1 aromatic rings. The molecule has 72 valence electrons. The van der Waals surface area contributed by atoms with Crippen LogP contribution in [0.3, 0.4) is 0 Å².